The molecule has 0 unspecified atom stereocenters. The van der Waals surface area contributed by atoms with Crippen LogP contribution in [0.1, 0.15) is 12.5 Å². The maximum Gasteiger partial charge on any atom is 0.252 e. The third-order valence-corrected chi connectivity index (χ3v) is 7.02. The number of H-pyrrole nitrogens is 1. The third-order valence-electron chi connectivity index (χ3n) is 5.06. The molecular formula is C19H27N3O5S. The minimum Gasteiger partial charge on any atom is -0.494 e. The minimum atomic E-state index is -3.39. The van der Waals surface area contributed by atoms with Gasteiger partial charge < -0.3 is 14.8 Å². The lowest BCUT2D eigenvalue weighted by Gasteiger charge is -2.18. The number of aliphatic hydroxyl groups excluding tert-OH is 1. The summed E-state index contributed by atoms with van der Waals surface area (Å²) in [6.45, 7) is 3.58. The molecule has 1 aromatic heterocycles. The van der Waals surface area contributed by atoms with Crippen LogP contribution in [0.5, 0.6) is 5.75 Å². The van der Waals surface area contributed by atoms with Gasteiger partial charge in [0.2, 0.25) is 10.0 Å². The monoisotopic (exact) mass is 409 g/mol. The van der Waals surface area contributed by atoms with E-state index in [4.69, 9.17) is 4.74 Å². The van der Waals surface area contributed by atoms with Gasteiger partial charge >= 0.3 is 0 Å². The van der Waals surface area contributed by atoms with Crippen LogP contribution in [0.4, 0.5) is 0 Å². The molecular weight excluding hydrogens is 382 g/mol. The number of sulfonamides is 1. The summed E-state index contributed by atoms with van der Waals surface area (Å²) >= 11 is 0. The normalized spacial score (nSPS) is 20.9. The number of aliphatic hydroxyl groups is 1. The zero-order chi connectivity index (χ0) is 20.5. The fourth-order valence-electron chi connectivity index (χ4n) is 3.50. The standard InChI is InChI=1S/C19H27N3O5S/c1-4-27-16-5-6-17-13(8-16)7-14(19(24)20-17)9-22-10-15(18(23)11-22)12-28(25,26)21(2)3/h5-8,15,18,23H,4,9-12H2,1-3H3,(H,20,24)/t15-,18-/m0/s1. The van der Waals surface area contributed by atoms with E-state index in [1.54, 1.807) is 0 Å². The van der Waals surface area contributed by atoms with Crippen molar-refractivity contribution in [2.24, 2.45) is 5.92 Å². The lowest BCUT2D eigenvalue weighted by atomic mass is 10.1. The Hall–Kier alpha value is -1.94. The number of nitrogens with zero attached hydrogens (tertiary/aromatic N) is 2. The van der Waals surface area contributed by atoms with E-state index in [-0.39, 0.29) is 17.2 Å². The van der Waals surface area contributed by atoms with Crippen LogP contribution in [0, 0.1) is 5.92 Å². The van der Waals surface area contributed by atoms with E-state index in [1.807, 2.05) is 36.1 Å². The molecule has 2 atom stereocenters. The minimum absolute atomic E-state index is 0.108. The van der Waals surface area contributed by atoms with Crippen molar-refractivity contribution in [3.05, 3.63) is 40.2 Å². The number of pyridine rings is 1. The Morgan fingerprint density at radius 3 is 2.71 bits per heavy atom. The van der Waals surface area contributed by atoms with Crippen molar-refractivity contribution < 1.29 is 18.3 Å². The zero-order valence-electron chi connectivity index (χ0n) is 16.4. The first-order chi connectivity index (χ1) is 13.2. The molecule has 0 radical (unpaired) electrons. The Labute approximate surface area is 164 Å². The smallest absolute Gasteiger partial charge is 0.252 e. The molecule has 2 heterocycles. The number of β-amino-alcohol motifs (C(OH)–C–C–N with tert-alkyl or cyclic N) is 1. The molecule has 8 nitrogen and oxygen atoms in total. The number of likely N-dealkylation sites (tertiary alicyclic amines) is 1. The van der Waals surface area contributed by atoms with Crippen LogP contribution in [0.25, 0.3) is 10.9 Å². The molecule has 0 aliphatic carbocycles. The van der Waals surface area contributed by atoms with E-state index in [2.05, 4.69) is 4.98 Å². The van der Waals surface area contributed by atoms with E-state index in [1.165, 1.54) is 18.4 Å². The second-order valence-corrected chi connectivity index (χ2v) is 9.62. The van der Waals surface area contributed by atoms with Gasteiger partial charge in [0.05, 0.1) is 18.5 Å². The molecule has 28 heavy (non-hydrogen) atoms. The van der Waals surface area contributed by atoms with Crippen LogP contribution < -0.4 is 10.3 Å². The number of fused-ring (bicyclic) bond motifs is 1. The van der Waals surface area contributed by atoms with Crippen LogP contribution >= 0.6 is 0 Å². The van der Waals surface area contributed by atoms with Gasteiger partial charge in [0.1, 0.15) is 5.75 Å². The summed E-state index contributed by atoms with van der Waals surface area (Å²) in [7, 11) is -0.422. The second kappa shape index (κ2) is 8.20. The third kappa shape index (κ3) is 4.54. The summed E-state index contributed by atoms with van der Waals surface area (Å²) in [5.41, 5.74) is 1.12. The Morgan fingerprint density at radius 2 is 2.04 bits per heavy atom. The van der Waals surface area contributed by atoms with Gasteiger partial charge in [0.15, 0.2) is 0 Å². The molecule has 9 heteroatoms. The molecule has 0 spiro atoms. The van der Waals surface area contributed by atoms with Crippen molar-refractivity contribution in [1.82, 2.24) is 14.2 Å². The highest BCUT2D eigenvalue weighted by Gasteiger charge is 2.35. The fourth-order valence-corrected chi connectivity index (χ4v) is 4.67. The summed E-state index contributed by atoms with van der Waals surface area (Å²) in [6.07, 6.45) is -0.737. The van der Waals surface area contributed by atoms with Crippen LogP contribution in [-0.4, -0.2) is 73.4 Å². The summed E-state index contributed by atoms with van der Waals surface area (Å²) < 4.78 is 30.9. The van der Waals surface area contributed by atoms with E-state index >= 15 is 0 Å². The Balaban J connectivity index is 1.77. The molecule has 1 aliphatic rings. The van der Waals surface area contributed by atoms with Gasteiger partial charge in [0, 0.05) is 56.1 Å². The highest BCUT2D eigenvalue weighted by Crippen LogP contribution is 2.23. The first kappa shape index (κ1) is 20.8. The first-order valence-electron chi connectivity index (χ1n) is 9.29. The number of nitrogens with one attached hydrogen (secondary N) is 1. The van der Waals surface area contributed by atoms with Gasteiger partial charge in [-0.25, -0.2) is 12.7 Å². The van der Waals surface area contributed by atoms with Crippen LogP contribution in [0.3, 0.4) is 0 Å². The van der Waals surface area contributed by atoms with Crippen molar-refractivity contribution in [3.63, 3.8) is 0 Å². The molecule has 154 valence electrons. The average Bonchev–Trinajstić information content (AvgIpc) is 2.94. The first-order valence-corrected chi connectivity index (χ1v) is 10.9. The number of hydrogen-bond acceptors (Lipinski definition) is 6. The van der Waals surface area contributed by atoms with Crippen molar-refractivity contribution in [2.45, 2.75) is 19.6 Å². The fraction of sp³-hybridized carbons (Fsp3) is 0.526. The van der Waals surface area contributed by atoms with E-state index < -0.39 is 16.1 Å². The van der Waals surface area contributed by atoms with Crippen molar-refractivity contribution in [1.29, 1.82) is 0 Å². The Kier molecular flexibility index (Phi) is 6.09. The lowest BCUT2D eigenvalue weighted by Crippen LogP contribution is -2.33. The lowest BCUT2D eigenvalue weighted by molar-refractivity contribution is 0.148. The topological polar surface area (TPSA) is 103 Å². The molecule has 2 aromatic rings. The molecule has 1 aliphatic heterocycles. The van der Waals surface area contributed by atoms with Gasteiger partial charge in [-0.2, -0.15) is 0 Å². The molecule has 1 fully saturated rings. The van der Waals surface area contributed by atoms with Gasteiger partial charge in [-0.1, -0.05) is 0 Å². The molecule has 3 rings (SSSR count). The number of rotatable bonds is 7. The highest BCUT2D eigenvalue weighted by molar-refractivity contribution is 7.89. The predicted octanol–water partition coefficient (Wildman–Crippen LogP) is 0.611. The van der Waals surface area contributed by atoms with Crippen molar-refractivity contribution in [3.8, 4) is 5.75 Å². The van der Waals surface area contributed by atoms with Crippen LogP contribution in [0.15, 0.2) is 29.1 Å². The van der Waals surface area contributed by atoms with E-state index in [9.17, 15) is 18.3 Å². The van der Waals surface area contributed by atoms with Crippen molar-refractivity contribution in [2.75, 3.05) is 39.5 Å². The molecule has 1 saturated heterocycles. The summed E-state index contributed by atoms with van der Waals surface area (Å²) in [6, 6.07) is 7.33. The molecule has 0 saturated carbocycles. The van der Waals surface area contributed by atoms with Gasteiger partial charge in [-0.15, -0.1) is 0 Å². The van der Waals surface area contributed by atoms with Gasteiger partial charge in [0.25, 0.3) is 5.56 Å². The molecule has 1 aromatic carbocycles. The quantitative estimate of drug-likeness (QED) is 0.695. The molecule has 2 N–H and O–H groups in total. The summed E-state index contributed by atoms with van der Waals surface area (Å²) in [5.74, 6) is 0.249. The van der Waals surface area contributed by atoms with Gasteiger partial charge in [-0.3, -0.25) is 9.69 Å². The summed E-state index contributed by atoms with van der Waals surface area (Å²) in [5, 5.41) is 11.2. The van der Waals surface area contributed by atoms with Crippen LogP contribution in [-0.2, 0) is 16.6 Å². The predicted molar refractivity (Wildman–Crippen MR) is 108 cm³/mol. The number of benzene rings is 1. The Bertz CT molecular complexity index is 1000. The number of hydrogen-bond donors (Lipinski definition) is 2. The number of aromatic nitrogens is 1. The number of ether oxygens (including phenoxy) is 1. The molecule has 0 bridgehead atoms. The van der Waals surface area contributed by atoms with Gasteiger partial charge in [-0.05, 0) is 31.2 Å². The maximum absolute atomic E-state index is 12.4. The number of aromatic amines is 1. The maximum atomic E-state index is 12.4. The van der Waals surface area contributed by atoms with E-state index in [0.29, 0.717) is 31.8 Å². The largest absolute Gasteiger partial charge is 0.494 e. The summed E-state index contributed by atoms with van der Waals surface area (Å²) in [4.78, 5) is 17.2. The van der Waals surface area contributed by atoms with E-state index in [0.717, 1.165) is 16.7 Å². The second-order valence-electron chi connectivity index (χ2n) is 7.39. The molecule has 0 amide bonds. The zero-order valence-corrected chi connectivity index (χ0v) is 17.2. The Morgan fingerprint density at radius 1 is 1.29 bits per heavy atom. The van der Waals surface area contributed by atoms with Crippen LogP contribution in [0.2, 0.25) is 0 Å². The SMILES string of the molecule is CCOc1ccc2[nH]c(=O)c(CN3C[C@@H](CS(=O)(=O)N(C)C)[C@@H](O)C3)cc2c1. The van der Waals surface area contributed by atoms with Crippen molar-refractivity contribution >= 4 is 20.9 Å². The highest BCUT2D eigenvalue weighted by atomic mass is 32.2. The average molecular weight is 410 g/mol.